The van der Waals surface area contributed by atoms with Crippen LogP contribution in [0.2, 0.25) is 0 Å². The monoisotopic (exact) mass is 211 g/mol. The summed E-state index contributed by atoms with van der Waals surface area (Å²) in [5.74, 6) is 0. The lowest BCUT2D eigenvalue weighted by atomic mass is 9.93. The summed E-state index contributed by atoms with van der Waals surface area (Å²) in [6, 6.07) is 1.66. The molecule has 4 nitrogen and oxygen atoms in total. The predicted molar refractivity (Wildman–Crippen MR) is 54.5 cm³/mol. The van der Waals surface area contributed by atoms with E-state index < -0.39 is 6.67 Å². The zero-order valence-corrected chi connectivity index (χ0v) is 8.45. The number of rotatable bonds is 2. The molecular weight excluding hydrogens is 197 g/mol. The molecule has 1 aliphatic rings. The van der Waals surface area contributed by atoms with Crippen molar-refractivity contribution < 1.29 is 4.39 Å². The summed E-state index contributed by atoms with van der Waals surface area (Å²) in [5, 5.41) is 4.15. The van der Waals surface area contributed by atoms with Gasteiger partial charge in [-0.15, -0.1) is 0 Å². The lowest BCUT2D eigenvalue weighted by molar-refractivity contribution is 0.409. The zero-order valence-electron chi connectivity index (χ0n) is 8.45. The molecule has 0 aromatic carbocycles. The number of alkyl halides is 1. The first kappa shape index (κ1) is 10.3. The average Bonchev–Trinajstić information content (AvgIpc) is 2.20. The van der Waals surface area contributed by atoms with Gasteiger partial charge in [-0.1, -0.05) is 0 Å². The molecule has 5 heteroatoms. The van der Waals surface area contributed by atoms with Crippen LogP contribution < -0.4 is 11.3 Å². The Balaban J connectivity index is 2.37. The van der Waals surface area contributed by atoms with Crippen LogP contribution in [-0.2, 0) is 19.4 Å². The summed E-state index contributed by atoms with van der Waals surface area (Å²) < 4.78 is 13.3. The van der Waals surface area contributed by atoms with Crippen molar-refractivity contribution in [1.82, 2.24) is 9.78 Å². The molecule has 1 heterocycles. The standard InChI is InChI=1S/C10H14FN3O/c11-3-4-14-10(15)6-7-5-8(12)1-2-9(7)13-14/h6,8H,1-5,12H2/t8-/m0/s1. The molecular formula is C10H14FN3O. The van der Waals surface area contributed by atoms with Crippen molar-refractivity contribution in [3.63, 3.8) is 0 Å². The van der Waals surface area contributed by atoms with Crippen molar-refractivity contribution in [2.75, 3.05) is 6.67 Å². The zero-order chi connectivity index (χ0) is 10.8. The van der Waals surface area contributed by atoms with Gasteiger partial charge in [0, 0.05) is 12.1 Å². The maximum absolute atomic E-state index is 12.1. The van der Waals surface area contributed by atoms with Crippen LogP contribution in [0.4, 0.5) is 4.39 Å². The first-order valence-corrected chi connectivity index (χ1v) is 5.12. The largest absolute Gasteiger partial charge is 0.327 e. The minimum Gasteiger partial charge on any atom is -0.327 e. The van der Waals surface area contributed by atoms with E-state index in [1.54, 1.807) is 0 Å². The molecule has 2 rings (SSSR count). The molecule has 82 valence electrons. The van der Waals surface area contributed by atoms with Crippen LogP contribution in [0.1, 0.15) is 17.7 Å². The van der Waals surface area contributed by atoms with Gasteiger partial charge in [-0.25, -0.2) is 9.07 Å². The molecule has 0 spiro atoms. The van der Waals surface area contributed by atoms with E-state index >= 15 is 0 Å². The van der Waals surface area contributed by atoms with Crippen LogP contribution >= 0.6 is 0 Å². The Hall–Kier alpha value is -1.23. The molecule has 1 aliphatic carbocycles. The summed E-state index contributed by atoms with van der Waals surface area (Å²) in [6.07, 6.45) is 2.37. The lowest BCUT2D eigenvalue weighted by Gasteiger charge is -2.20. The minimum absolute atomic E-state index is 0.0398. The molecule has 0 saturated heterocycles. The van der Waals surface area contributed by atoms with Crippen LogP contribution in [0, 0.1) is 0 Å². The number of nitrogens with zero attached hydrogens (tertiary/aromatic N) is 2. The van der Waals surface area contributed by atoms with E-state index in [-0.39, 0.29) is 18.1 Å². The van der Waals surface area contributed by atoms with Crippen molar-refractivity contribution in [1.29, 1.82) is 0 Å². The molecule has 0 unspecified atom stereocenters. The number of aryl methyl sites for hydroxylation is 2. The van der Waals surface area contributed by atoms with Gasteiger partial charge in [-0.05, 0) is 24.8 Å². The number of hydrogen-bond donors (Lipinski definition) is 1. The van der Waals surface area contributed by atoms with Crippen molar-refractivity contribution in [2.45, 2.75) is 31.8 Å². The first-order chi connectivity index (χ1) is 7.20. The Morgan fingerprint density at radius 2 is 2.47 bits per heavy atom. The highest BCUT2D eigenvalue weighted by atomic mass is 19.1. The molecule has 0 bridgehead atoms. The number of aromatic nitrogens is 2. The number of nitrogens with two attached hydrogens (primary N) is 1. The Morgan fingerprint density at radius 1 is 1.67 bits per heavy atom. The van der Waals surface area contributed by atoms with Crippen LogP contribution in [0.3, 0.4) is 0 Å². The van der Waals surface area contributed by atoms with Crippen LogP contribution in [0.5, 0.6) is 0 Å². The fraction of sp³-hybridized carbons (Fsp3) is 0.600. The predicted octanol–water partition coefficient (Wildman–Crippen LogP) is 0.0288. The smallest absolute Gasteiger partial charge is 0.267 e. The van der Waals surface area contributed by atoms with E-state index in [0.29, 0.717) is 6.42 Å². The van der Waals surface area contributed by atoms with Crippen molar-refractivity contribution in [2.24, 2.45) is 5.73 Å². The fourth-order valence-corrected chi connectivity index (χ4v) is 1.90. The van der Waals surface area contributed by atoms with Gasteiger partial charge < -0.3 is 5.73 Å². The maximum Gasteiger partial charge on any atom is 0.267 e. The van der Waals surface area contributed by atoms with E-state index in [0.717, 1.165) is 24.1 Å². The maximum atomic E-state index is 12.1. The van der Waals surface area contributed by atoms with E-state index in [2.05, 4.69) is 5.10 Å². The first-order valence-electron chi connectivity index (χ1n) is 5.12. The lowest BCUT2D eigenvalue weighted by Crippen LogP contribution is -2.33. The number of fused-ring (bicyclic) bond motifs is 1. The van der Waals surface area contributed by atoms with Gasteiger partial charge in [0.1, 0.15) is 6.67 Å². The highest BCUT2D eigenvalue weighted by Crippen LogP contribution is 2.16. The third-order valence-corrected chi connectivity index (χ3v) is 2.69. The Morgan fingerprint density at radius 3 is 3.20 bits per heavy atom. The SMILES string of the molecule is N[C@H]1CCc2nn(CCF)c(=O)cc2C1. The summed E-state index contributed by atoms with van der Waals surface area (Å²) in [7, 11) is 0. The highest BCUT2D eigenvalue weighted by molar-refractivity contribution is 5.22. The Kier molecular flexibility index (Phi) is 2.81. The molecule has 0 radical (unpaired) electrons. The summed E-state index contributed by atoms with van der Waals surface area (Å²) in [5.41, 5.74) is 7.38. The average molecular weight is 211 g/mol. The summed E-state index contributed by atoms with van der Waals surface area (Å²) in [6.45, 7) is -0.524. The van der Waals surface area contributed by atoms with Gasteiger partial charge in [0.15, 0.2) is 0 Å². The topological polar surface area (TPSA) is 60.9 Å². The molecule has 0 amide bonds. The third-order valence-electron chi connectivity index (χ3n) is 2.69. The fourth-order valence-electron chi connectivity index (χ4n) is 1.90. The van der Waals surface area contributed by atoms with Gasteiger partial charge >= 0.3 is 0 Å². The van der Waals surface area contributed by atoms with Gasteiger partial charge in [0.2, 0.25) is 0 Å². The van der Waals surface area contributed by atoms with Gasteiger partial charge in [0.05, 0.1) is 12.2 Å². The molecule has 0 fully saturated rings. The molecule has 2 N–H and O–H groups in total. The molecule has 1 aromatic rings. The molecule has 1 atom stereocenters. The van der Waals surface area contributed by atoms with E-state index in [4.69, 9.17) is 5.73 Å². The second kappa shape index (κ2) is 4.10. The van der Waals surface area contributed by atoms with Crippen LogP contribution in [0.25, 0.3) is 0 Å². The summed E-state index contributed by atoms with van der Waals surface area (Å²) >= 11 is 0. The molecule has 0 aliphatic heterocycles. The van der Waals surface area contributed by atoms with Crippen LogP contribution in [0.15, 0.2) is 10.9 Å². The van der Waals surface area contributed by atoms with Gasteiger partial charge in [0.25, 0.3) is 5.56 Å². The summed E-state index contributed by atoms with van der Waals surface area (Å²) in [4.78, 5) is 11.5. The quantitative estimate of drug-likeness (QED) is 0.750. The molecule has 1 aromatic heterocycles. The Labute approximate surface area is 86.9 Å². The van der Waals surface area contributed by atoms with Crippen LogP contribution in [-0.4, -0.2) is 22.5 Å². The van der Waals surface area contributed by atoms with Crippen molar-refractivity contribution >= 4 is 0 Å². The van der Waals surface area contributed by atoms with E-state index in [1.807, 2.05) is 0 Å². The van der Waals surface area contributed by atoms with Gasteiger partial charge in [-0.2, -0.15) is 5.10 Å². The van der Waals surface area contributed by atoms with Gasteiger partial charge in [-0.3, -0.25) is 4.79 Å². The van der Waals surface area contributed by atoms with E-state index in [1.165, 1.54) is 10.7 Å². The number of hydrogen-bond acceptors (Lipinski definition) is 3. The second-order valence-electron chi connectivity index (χ2n) is 3.87. The van der Waals surface area contributed by atoms with Crippen molar-refractivity contribution in [3.05, 3.63) is 27.7 Å². The minimum atomic E-state index is -0.564. The molecule has 15 heavy (non-hydrogen) atoms. The Bertz CT molecular complexity index is 416. The normalized spacial score (nSPS) is 20.0. The van der Waals surface area contributed by atoms with E-state index in [9.17, 15) is 9.18 Å². The van der Waals surface area contributed by atoms with Crippen molar-refractivity contribution in [3.8, 4) is 0 Å². The third kappa shape index (κ3) is 2.07. The highest BCUT2D eigenvalue weighted by Gasteiger charge is 2.18. The number of halogens is 1. The second-order valence-corrected chi connectivity index (χ2v) is 3.87. The molecule has 0 saturated carbocycles.